The topological polar surface area (TPSA) is 31.0 Å². The number of furan rings is 1. The molecule has 3 heterocycles. The zero-order chi connectivity index (χ0) is 29.0. The molecule has 0 atom stereocenters. The fourth-order valence-electron chi connectivity index (χ4n) is 6.59. The predicted molar refractivity (Wildman–Crippen MR) is 182 cm³/mol. The van der Waals surface area contributed by atoms with Crippen molar-refractivity contribution in [2.24, 2.45) is 0 Å². The van der Waals surface area contributed by atoms with Crippen molar-refractivity contribution in [2.45, 2.75) is 0 Å². The maximum atomic E-state index is 6.48. The van der Waals surface area contributed by atoms with E-state index in [0.29, 0.717) is 0 Å². The molecule has 9 rings (SSSR count). The van der Waals surface area contributed by atoms with Crippen LogP contribution in [-0.2, 0) is 0 Å². The highest BCUT2D eigenvalue weighted by Gasteiger charge is 2.18. The van der Waals surface area contributed by atoms with Gasteiger partial charge in [-0.1, -0.05) is 97.1 Å². The molecule has 6 aromatic carbocycles. The Bertz CT molecular complexity index is 2490. The molecule has 0 radical (unpaired) electrons. The second kappa shape index (κ2) is 9.82. The minimum absolute atomic E-state index is 0.859. The average molecular weight is 563 g/mol. The van der Waals surface area contributed by atoms with Crippen molar-refractivity contribution in [1.29, 1.82) is 0 Å². The van der Waals surface area contributed by atoms with Crippen molar-refractivity contribution in [3.8, 4) is 39.3 Å². The van der Waals surface area contributed by atoms with Crippen LogP contribution in [0.4, 0.5) is 0 Å². The zero-order valence-corrected chi connectivity index (χ0v) is 23.8. The van der Waals surface area contributed by atoms with Crippen LogP contribution in [0.1, 0.15) is 0 Å². The van der Waals surface area contributed by atoms with E-state index in [9.17, 15) is 0 Å². The van der Waals surface area contributed by atoms with Crippen LogP contribution in [-0.4, -0.2) is 9.55 Å². The fraction of sp³-hybridized carbons (Fsp3) is 0. The van der Waals surface area contributed by atoms with Crippen LogP contribution >= 0.6 is 0 Å². The van der Waals surface area contributed by atoms with Gasteiger partial charge in [0.15, 0.2) is 0 Å². The molecule has 0 N–H and O–H groups in total. The van der Waals surface area contributed by atoms with Crippen molar-refractivity contribution in [3.63, 3.8) is 0 Å². The largest absolute Gasteiger partial charge is 0.456 e. The summed E-state index contributed by atoms with van der Waals surface area (Å²) in [4.78, 5) is 5.09. The lowest BCUT2D eigenvalue weighted by molar-refractivity contribution is 0.669. The predicted octanol–water partition coefficient (Wildman–Crippen LogP) is 11.1. The Balaban J connectivity index is 1.31. The molecule has 3 aromatic heterocycles. The molecule has 0 aliphatic carbocycles. The first-order valence-corrected chi connectivity index (χ1v) is 14.9. The van der Waals surface area contributed by atoms with E-state index in [2.05, 4.69) is 132 Å². The molecule has 9 aromatic rings. The van der Waals surface area contributed by atoms with E-state index >= 15 is 0 Å². The van der Waals surface area contributed by atoms with Gasteiger partial charge in [-0.2, -0.15) is 0 Å². The first-order valence-electron chi connectivity index (χ1n) is 14.9. The van der Waals surface area contributed by atoms with Gasteiger partial charge in [-0.25, -0.2) is 4.98 Å². The Labute approximate surface area is 254 Å². The van der Waals surface area contributed by atoms with Crippen molar-refractivity contribution >= 4 is 43.7 Å². The smallest absolute Gasteiger partial charge is 0.136 e. The Morgan fingerprint density at radius 2 is 1.11 bits per heavy atom. The monoisotopic (exact) mass is 562 g/mol. The van der Waals surface area contributed by atoms with Crippen LogP contribution in [0.3, 0.4) is 0 Å². The lowest BCUT2D eigenvalue weighted by Crippen LogP contribution is -1.93. The number of para-hydroxylation sites is 3. The average Bonchev–Trinajstić information content (AvgIpc) is 3.64. The lowest BCUT2D eigenvalue weighted by Gasteiger charge is -2.11. The molecule has 0 spiro atoms. The molecule has 0 unspecified atom stereocenters. The van der Waals surface area contributed by atoms with E-state index < -0.39 is 0 Å². The van der Waals surface area contributed by atoms with Gasteiger partial charge in [0.05, 0.1) is 22.4 Å². The summed E-state index contributed by atoms with van der Waals surface area (Å²) >= 11 is 0. The number of hydrogen-bond acceptors (Lipinski definition) is 2. The molecular weight excluding hydrogens is 536 g/mol. The van der Waals surface area contributed by atoms with Gasteiger partial charge in [0, 0.05) is 38.4 Å². The molecule has 3 nitrogen and oxygen atoms in total. The van der Waals surface area contributed by atoms with Crippen LogP contribution in [0.25, 0.3) is 83.1 Å². The van der Waals surface area contributed by atoms with Gasteiger partial charge in [-0.15, -0.1) is 0 Å². The Hall–Kier alpha value is -5.93. The normalized spacial score (nSPS) is 11.6. The summed E-state index contributed by atoms with van der Waals surface area (Å²) < 4.78 is 8.83. The third-order valence-electron chi connectivity index (χ3n) is 8.59. The minimum Gasteiger partial charge on any atom is -0.456 e. The maximum absolute atomic E-state index is 6.48. The van der Waals surface area contributed by atoms with E-state index in [0.717, 1.165) is 61.3 Å². The lowest BCUT2D eigenvalue weighted by atomic mass is 9.94. The number of fused-ring (bicyclic) bond motifs is 6. The van der Waals surface area contributed by atoms with Crippen molar-refractivity contribution < 1.29 is 4.42 Å². The standard InChI is InChI=1S/C41H26N2O/c1-3-12-27(13-4-1)35-18-11-19-36(42-35)29-25-33(41-32-17-8-10-21-39(32)44-40(41)26-29)28-22-23-38-34(24-28)31-16-7-9-20-37(31)43(38)30-14-5-2-6-15-30/h1-26H. The van der Waals surface area contributed by atoms with Gasteiger partial charge in [0.25, 0.3) is 0 Å². The Morgan fingerprint density at radius 1 is 0.432 bits per heavy atom. The number of nitrogens with zero attached hydrogens (tertiary/aromatic N) is 2. The minimum atomic E-state index is 0.859. The molecule has 0 bridgehead atoms. The number of pyridine rings is 1. The van der Waals surface area contributed by atoms with E-state index in [4.69, 9.17) is 9.40 Å². The number of hydrogen-bond donors (Lipinski definition) is 0. The summed E-state index contributed by atoms with van der Waals surface area (Å²) in [7, 11) is 0. The van der Waals surface area contributed by atoms with Gasteiger partial charge in [0.1, 0.15) is 11.2 Å². The molecule has 0 fully saturated rings. The van der Waals surface area contributed by atoms with Crippen LogP contribution < -0.4 is 0 Å². The molecule has 0 saturated heterocycles. The quantitative estimate of drug-likeness (QED) is 0.214. The first-order chi connectivity index (χ1) is 21.8. The summed E-state index contributed by atoms with van der Waals surface area (Å²) in [5.41, 5.74) is 11.5. The highest BCUT2D eigenvalue weighted by atomic mass is 16.3. The number of rotatable bonds is 4. The maximum Gasteiger partial charge on any atom is 0.136 e. The number of benzene rings is 6. The van der Waals surface area contributed by atoms with Crippen LogP contribution in [0.5, 0.6) is 0 Å². The molecule has 0 aliphatic rings. The Kier molecular flexibility index (Phi) is 5.50. The summed E-state index contributed by atoms with van der Waals surface area (Å²) in [5.74, 6) is 0. The summed E-state index contributed by atoms with van der Waals surface area (Å²) in [6.45, 7) is 0. The van der Waals surface area contributed by atoms with Gasteiger partial charge in [-0.3, -0.25) is 0 Å². The molecule has 0 saturated carbocycles. The van der Waals surface area contributed by atoms with Crippen LogP contribution in [0.2, 0.25) is 0 Å². The van der Waals surface area contributed by atoms with Crippen molar-refractivity contribution in [2.75, 3.05) is 0 Å². The third-order valence-corrected chi connectivity index (χ3v) is 8.59. The summed E-state index contributed by atoms with van der Waals surface area (Å²) in [6.07, 6.45) is 0. The molecule has 44 heavy (non-hydrogen) atoms. The first kappa shape index (κ1) is 24.6. The van der Waals surface area contributed by atoms with Crippen molar-refractivity contribution in [1.82, 2.24) is 9.55 Å². The van der Waals surface area contributed by atoms with Crippen LogP contribution in [0.15, 0.2) is 162 Å². The van der Waals surface area contributed by atoms with Gasteiger partial charge in [0.2, 0.25) is 0 Å². The fourth-order valence-corrected chi connectivity index (χ4v) is 6.59. The van der Waals surface area contributed by atoms with E-state index in [1.54, 1.807) is 0 Å². The van der Waals surface area contributed by atoms with Gasteiger partial charge >= 0.3 is 0 Å². The molecule has 0 aliphatic heterocycles. The summed E-state index contributed by atoms with van der Waals surface area (Å²) in [5, 5.41) is 4.68. The highest BCUT2D eigenvalue weighted by molar-refractivity contribution is 6.16. The van der Waals surface area contributed by atoms with E-state index in [1.807, 2.05) is 30.3 Å². The molecule has 206 valence electrons. The Morgan fingerprint density at radius 3 is 1.95 bits per heavy atom. The number of aromatic nitrogens is 2. The summed E-state index contributed by atoms with van der Waals surface area (Å²) in [6, 6.07) is 55.4. The second-order valence-corrected chi connectivity index (χ2v) is 11.2. The van der Waals surface area contributed by atoms with E-state index in [-0.39, 0.29) is 0 Å². The SMILES string of the molecule is c1ccc(-c2cccc(-c3cc(-c4ccc5c(c4)c4ccccc4n5-c4ccccc4)c4c(c3)oc3ccccc34)n2)cc1. The third kappa shape index (κ3) is 3.87. The van der Waals surface area contributed by atoms with Gasteiger partial charge < -0.3 is 8.98 Å². The second-order valence-electron chi connectivity index (χ2n) is 11.2. The molecule has 3 heteroatoms. The van der Waals surface area contributed by atoms with Gasteiger partial charge in [-0.05, 0) is 71.8 Å². The highest BCUT2D eigenvalue weighted by Crippen LogP contribution is 2.42. The van der Waals surface area contributed by atoms with Crippen LogP contribution in [0, 0.1) is 0 Å². The molecule has 0 amide bonds. The van der Waals surface area contributed by atoms with Crippen molar-refractivity contribution in [3.05, 3.63) is 158 Å². The van der Waals surface area contributed by atoms with E-state index in [1.165, 1.54) is 21.8 Å². The zero-order valence-electron chi connectivity index (χ0n) is 23.8. The molecular formula is C41H26N2O.